The second-order valence-corrected chi connectivity index (χ2v) is 6.10. The van der Waals surface area contributed by atoms with Crippen LogP contribution in [0.2, 0.25) is 0 Å². The van der Waals surface area contributed by atoms with Crippen LogP contribution in [0, 0.1) is 5.92 Å². The van der Waals surface area contributed by atoms with Crippen molar-refractivity contribution < 1.29 is 0 Å². The summed E-state index contributed by atoms with van der Waals surface area (Å²) in [5.74, 6) is 0.805. The maximum Gasteiger partial charge on any atom is 0.0104 e. The lowest BCUT2D eigenvalue weighted by Gasteiger charge is -2.16. The highest BCUT2D eigenvalue weighted by atomic mass is 32.1. The highest BCUT2D eigenvalue weighted by Crippen LogP contribution is 2.09. The Balaban J connectivity index is 1.96. The molecule has 0 radical (unpaired) electrons. The Labute approximate surface area is 110 Å². The Morgan fingerprint density at radius 3 is 2.76 bits per heavy atom. The van der Waals surface area contributed by atoms with E-state index < -0.39 is 0 Å². The predicted molar refractivity (Wildman–Crippen MR) is 77.8 cm³/mol. The zero-order valence-corrected chi connectivity index (χ0v) is 12.2. The molecule has 0 fully saturated rings. The number of rotatable bonds is 9. The summed E-state index contributed by atoms with van der Waals surface area (Å²) in [5.41, 5.74) is 0. The number of nitrogens with one attached hydrogen (secondary N) is 1. The van der Waals surface area contributed by atoms with Crippen LogP contribution in [0.25, 0.3) is 0 Å². The van der Waals surface area contributed by atoms with Crippen LogP contribution in [-0.2, 0) is 6.42 Å². The summed E-state index contributed by atoms with van der Waals surface area (Å²) in [6, 6.07) is 4.35. The average molecular weight is 254 g/mol. The highest BCUT2D eigenvalue weighted by molar-refractivity contribution is 7.09. The third-order valence-electron chi connectivity index (χ3n) is 2.89. The summed E-state index contributed by atoms with van der Waals surface area (Å²) in [6.45, 7) is 9.10. The molecule has 0 unspecified atom stereocenters. The Morgan fingerprint density at radius 2 is 2.12 bits per heavy atom. The van der Waals surface area contributed by atoms with E-state index in [0.717, 1.165) is 32.1 Å². The van der Waals surface area contributed by atoms with Gasteiger partial charge in [0.1, 0.15) is 0 Å². The molecule has 0 amide bonds. The van der Waals surface area contributed by atoms with E-state index in [9.17, 15) is 0 Å². The van der Waals surface area contributed by atoms with E-state index in [1.807, 2.05) is 11.3 Å². The molecule has 2 nitrogen and oxygen atoms in total. The second-order valence-electron chi connectivity index (χ2n) is 5.07. The lowest BCUT2D eigenvalue weighted by molar-refractivity contribution is 0.334. The Hall–Kier alpha value is -0.380. The predicted octanol–water partition coefficient (Wildman–Crippen LogP) is 2.86. The van der Waals surface area contributed by atoms with Gasteiger partial charge in [0, 0.05) is 24.5 Å². The van der Waals surface area contributed by atoms with Crippen LogP contribution in [0.5, 0.6) is 0 Å². The lowest BCUT2D eigenvalue weighted by Crippen LogP contribution is -2.31. The van der Waals surface area contributed by atoms with Crippen LogP contribution < -0.4 is 5.32 Å². The van der Waals surface area contributed by atoms with Gasteiger partial charge in [-0.15, -0.1) is 11.3 Å². The molecule has 1 heterocycles. The van der Waals surface area contributed by atoms with Crippen molar-refractivity contribution >= 4 is 11.3 Å². The fourth-order valence-electron chi connectivity index (χ4n) is 1.65. The quantitative estimate of drug-likeness (QED) is 0.682. The number of likely N-dealkylation sites (N-methyl/N-ethyl adjacent to an activating group) is 1. The third-order valence-corrected chi connectivity index (χ3v) is 3.82. The van der Waals surface area contributed by atoms with Crippen molar-refractivity contribution in [3.63, 3.8) is 0 Å². The van der Waals surface area contributed by atoms with Crippen molar-refractivity contribution in [2.75, 3.05) is 33.2 Å². The minimum Gasteiger partial charge on any atom is -0.315 e. The summed E-state index contributed by atoms with van der Waals surface area (Å²) < 4.78 is 0. The Kier molecular flexibility index (Phi) is 7.49. The molecule has 17 heavy (non-hydrogen) atoms. The topological polar surface area (TPSA) is 15.3 Å². The summed E-state index contributed by atoms with van der Waals surface area (Å²) in [5, 5.41) is 5.66. The molecule has 0 spiro atoms. The van der Waals surface area contributed by atoms with Crippen molar-refractivity contribution in [1.29, 1.82) is 0 Å². The van der Waals surface area contributed by atoms with Crippen LogP contribution in [0.1, 0.15) is 25.1 Å². The minimum atomic E-state index is 0.805. The molecule has 1 N–H and O–H groups in total. The van der Waals surface area contributed by atoms with Crippen molar-refractivity contribution in [3.05, 3.63) is 22.4 Å². The first-order valence-corrected chi connectivity index (χ1v) is 7.48. The van der Waals surface area contributed by atoms with E-state index in [1.54, 1.807) is 0 Å². The summed E-state index contributed by atoms with van der Waals surface area (Å²) >= 11 is 1.86. The third kappa shape index (κ3) is 7.53. The van der Waals surface area contributed by atoms with Gasteiger partial charge < -0.3 is 10.2 Å². The summed E-state index contributed by atoms with van der Waals surface area (Å²) in [4.78, 5) is 3.90. The fraction of sp³-hybridized carbons (Fsp3) is 0.714. The van der Waals surface area contributed by atoms with Gasteiger partial charge in [-0.05, 0) is 43.8 Å². The zero-order valence-electron chi connectivity index (χ0n) is 11.4. The standard InChI is InChI=1S/C14H26N2S/c1-13(2)6-8-15-9-11-16(3)10-7-14-5-4-12-17-14/h4-5,12-13,15H,6-11H2,1-3H3. The lowest BCUT2D eigenvalue weighted by atomic mass is 10.1. The first-order chi connectivity index (χ1) is 8.18. The molecule has 1 aromatic rings. The molecular formula is C14H26N2S. The minimum absolute atomic E-state index is 0.805. The van der Waals surface area contributed by atoms with Crippen LogP contribution in [0.3, 0.4) is 0 Å². The fourth-order valence-corrected chi connectivity index (χ4v) is 2.35. The van der Waals surface area contributed by atoms with Crippen molar-refractivity contribution in [3.8, 4) is 0 Å². The van der Waals surface area contributed by atoms with Gasteiger partial charge >= 0.3 is 0 Å². The van der Waals surface area contributed by atoms with Crippen LogP contribution in [0.15, 0.2) is 17.5 Å². The SMILES string of the molecule is CC(C)CCNCCN(C)CCc1cccs1. The number of thiophene rings is 1. The molecule has 1 rings (SSSR count). The van der Waals surface area contributed by atoms with Crippen LogP contribution in [0.4, 0.5) is 0 Å². The molecule has 0 aliphatic rings. The van der Waals surface area contributed by atoms with E-state index in [0.29, 0.717) is 0 Å². The van der Waals surface area contributed by atoms with Gasteiger partial charge in [0.2, 0.25) is 0 Å². The van der Waals surface area contributed by atoms with Crippen LogP contribution >= 0.6 is 11.3 Å². The molecule has 0 saturated carbocycles. The maximum absolute atomic E-state index is 3.50. The summed E-state index contributed by atoms with van der Waals surface area (Å²) in [6.07, 6.45) is 2.46. The average Bonchev–Trinajstić information content (AvgIpc) is 2.78. The molecular weight excluding hydrogens is 228 g/mol. The van der Waals surface area contributed by atoms with Gasteiger partial charge in [-0.1, -0.05) is 19.9 Å². The summed E-state index contributed by atoms with van der Waals surface area (Å²) in [7, 11) is 2.21. The molecule has 0 aliphatic carbocycles. The highest BCUT2D eigenvalue weighted by Gasteiger charge is 2.00. The van der Waals surface area contributed by atoms with Gasteiger partial charge in [0.05, 0.1) is 0 Å². The van der Waals surface area contributed by atoms with Gasteiger partial charge in [-0.25, -0.2) is 0 Å². The van der Waals surface area contributed by atoms with E-state index in [1.165, 1.54) is 17.7 Å². The monoisotopic (exact) mass is 254 g/mol. The molecule has 0 aliphatic heterocycles. The zero-order chi connectivity index (χ0) is 12.5. The van der Waals surface area contributed by atoms with Crippen LogP contribution in [-0.4, -0.2) is 38.1 Å². The van der Waals surface area contributed by atoms with E-state index in [4.69, 9.17) is 0 Å². The van der Waals surface area contributed by atoms with Crippen molar-refractivity contribution in [1.82, 2.24) is 10.2 Å². The largest absolute Gasteiger partial charge is 0.315 e. The number of hydrogen-bond acceptors (Lipinski definition) is 3. The number of nitrogens with zero attached hydrogens (tertiary/aromatic N) is 1. The molecule has 0 bridgehead atoms. The van der Waals surface area contributed by atoms with Gasteiger partial charge in [0.15, 0.2) is 0 Å². The Bertz CT molecular complexity index is 270. The molecule has 0 saturated heterocycles. The molecule has 3 heteroatoms. The molecule has 98 valence electrons. The van der Waals surface area contributed by atoms with E-state index in [2.05, 4.69) is 48.6 Å². The number of hydrogen-bond donors (Lipinski definition) is 1. The normalized spacial score (nSPS) is 11.6. The maximum atomic E-state index is 3.50. The smallest absolute Gasteiger partial charge is 0.0104 e. The van der Waals surface area contributed by atoms with Gasteiger partial charge in [-0.2, -0.15) is 0 Å². The van der Waals surface area contributed by atoms with Crippen molar-refractivity contribution in [2.45, 2.75) is 26.7 Å². The molecule has 1 aromatic heterocycles. The van der Waals surface area contributed by atoms with E-state index in [-0.39, 0.29) is 0 Å². The first kappa shape index (κ1) is 14.7. The van der Waals surface area contributed by atoms with E-state index >= 15 is 0 Å². The van der Waals surface area contributed by atoms with Crippen molar-refractivity contribution in [2.24, 2.45) is 5.92 Å². The second kappa shape index (κ2) is 8.67. The first-order valence-electron chi connectivity index (χ1n) is 6.60. The molecule has 0 atom stereocenters. The molecule has 0 aromatic carbocycles. The Morgan fingerprint density at radius 1 is 1.29 bits per heavy atom. The van der Waals surface area contributed by atoms with Gasteiger partial charge in [0.25, 0.3) is 0 Å². The van der Waals surface area contributed by atoms with Gasteiger partial charge in [-0.3, -0.25) is 0 Å².